The third kappa shape index (κ3) is 3.85. The molecular weight excluding hydrogens is 71.0 g/mol. The van der Waals surface area contributed by atoms with Gasteiger partial charge in [-0.1, -0.05) is 0 Å². The van der Waals surface area contributed by atoms with E-state index in [1.54, 1.807) is 0 Å². The van der Waals surface area contributed by atoms with Gasteiger partial charge in [-0.3, -0.25) is 5.84 Å². The van der Waals surface area contributed by atoms with Gasteiger partial charge < -0.3 is 0 Å². The van der Waals surface area contributed by atoms with Crippen LogP contribution in [0.5, 0.6) is 0 Å². The quantitative estimate of drug-likeness (QED) is 0.258. The van der Waals surface area contributed by atoms with Crippen molar-refractivity contribution in [3.05, 3.63) is 0 Å². The second kappa shape index (κ2) is 2.11. The Hall–Kier alpha value is -0.150. The molecule has 0 saturated heterocycles. The van der Waals surface area contributed by atoms with Crippen LogP contribution in [0.1, 0.15) is 6.92 Å². The zero-order valence-corrected chi connectivity index (χ0v) is 3.03. The van der Waals surface area contributed by atoms with Gasteiger partial charge in [0.2, 0.25) is 0 Å². The van der Waals surface area contributed by atoms with E-state index in [9.17, 15) is 4.39 Å². The summed E-state index contributed by atoms with van der Waals surface area (Å²) in [7, 11) is 0. The SMILES string of the molecule is CC(F)NN. The molecule has 5 heavy (non-hydrogen) atoms. The monoisotopic (exact) mass is 78.1 g/mol. The molecule has 0 bridgehead atoms. The maximum atomic E-state index is 11.2. The Balaban J connectivity index is 2.54. The van der Waals surface area contributed by atoms with E-state index >= 15 is 0 Å². The molecule has 0 aromatic carbocycles. The number of rotatable bonds is 1. The number of nitrogens with one attached hydrogen (secondary N) is 1. The average Bonchev–Trinajstić information content (AvgIpc) is 1.38. The number of alkyl halides is 1. The summed E-state index contributed by atoms with van der Waals surface area (Å²) in [6.07, 6.45) is -1.09. The van der Waals surface area contributed by atoms with Crippen LogP contribution in [-0.2, 0) is 0 Å². The Labute approximate surface area is 30.1 Å². The Morgan fingerprint density at radius 2 is 2.20 bits per heavy atom. The van der Waals surface area contributed by atoms with Crippen LogP contribution in [0.4, 0.5) is 4.39 Å². The number of hydrazine groups is 1. The van der Waals surface area contributed by atoms with E-state index in [2.05, 4.69) is 5.84 Å². The number of halogens is 1. The minimum Gasteiger partial charge on any atom is -0.269 e. The van der Waals surface area contributed by atoms with E-state index < -0.39 is 6.30 Å². The summed E-state index contributed by atoms with van der Waals surface area (Å²) >= 11 is 0. The highest BCUT2D eigenvalue weighted by molar-refractivity contribution is 4.26. The lowest BCUT2D eigenvalue weighted by atomic mass is 10.8. The fourth-order valence-electron chi connectivity index (χ4n) is 0. The first-order chi connectivity index (χ1) is 2.27. The van der Waals surface area contributed by atoms with Crippen LogP contribution in [0.3, 0.4) is 0 Å². The largest absolute Gasteiger partial charge is 0.269 e. The van der Waals surface area contributed by atoms with Crippen molar-refractivity contribution in [2.75, 3.05) is 0 Å². The molecule has 0 heterocycles. The fourth-order valence-corrected chi connectivity index (χ4v) is 0. The van der Waals surface area contributed by atoms with Crippen molar-refractivity contribution < 1.29 is 4.39 Å². The van der Waals surface area contributed by atoms with Gasteiger partial charge in [-0.2, -0.15) is 0 Å². The van der Waals surface area contributed by atoms with Gasteiger partial charge in [0.05, 0.1) is 0 Å². The fraction of sp³-hybridized carbons (Fsp3) is 1.00. The molecule has 1 atom stereocenters. The van der Waals surface area contributed by atoms with Gasteiger partial charge >= 0.3 is 0 Å². The van der Waals surface area contributed by atoms with Gasteiger partial charge in [-0.15, -0.1) is 0 Å². The van der Waals surface area contributed by atoms with E-state index in [-0.39, 0.29) is 0 Å². The second-order valence-corrected chi connectivity index (χ2v) is 0.783. The maximum Gasteiger partial charge on any atom is 0.160 e. The highest BCUT2D eigenvalue weighted by atomic mass is 19.1. The van der Waals surface area contributed by atoms with Crippen LogP contribution in [0.25, 0.3) is 0 Å². The molecule has 32 valence electrons. The molecule has 2 nitrogen and oxygen atoms in total. The van der Waals surface area contributed by atoms with Gasteiger partial charge in [0.15, 0.2) is 6.30 Å². The summed E-state index contributed by atoms with van der Waals surface area (Å²) in [6.45, 7) is 1.32. The van der Waals surface area contributed by atoms with E-state index in [1.807, 2.05) is 5.43 Å². The van der Waals surface area contributed by atoms with E-state index in [0.717, 1.165) is 0 Å². The van der Waals surface area contributed by atoms with Crippen LogP contribution in [0, 0.1) is 0 Å². The van der Waals surface area contributed by atoms with Crippen molar-refractivity contribution in [3.8, 4) is 0 Å². The van der Waals surface area contributed by atoms with Crippen molar-refractivity contribution in [2.24, 2.45) is 5.84 Å². The molecule has 1 unspecified atom stereocenters. The Morgan fingerprint density at radius 3 is 2.20 bits per heavy atom. The van der Waals surface area contributed by atoms with Crippen LogP contribution in [0.15, 0.2) is 0 Å². The molecule has 0 aliphatic heterocycles. The average molecular weight is 78.1 g/mol. The predicted octanol–water partition coefficient (Wildman–Crippen LogP) is -0.235. The second-order valence-electron chi connectivity index (χ2n) is 0.783. The van der Waals surface area contributed by atoms with E-state index in [0.29, 0.717) is 0 Å². The molecular formula is C2H7FN2. The highest BCUT2D eigenvalue weighted by Crippen LogP contribution is 1.71. The lowest BCUT2D eigenvalue weighted by Crippen LogP contribution is -2.28. The van der Waals surface area contributed by atoms with Gasteiger partial charge in [-0.05, 0) is 6.92 Å². The minimum atomic E-state index is -1.09. The van der Waals surface area contributed by atoms with Crippen molar-refractivity contribution in [1.29, 1.82) is 0 Å². The van der Waals surface area contributed by atoms with Crippen molar-refractivity contribution in [2.45, 2.75) is 13.2 Å². The molecule has 3 heteroatoms. The van der Waals surface area contributed by atoms with Gasteiger partial charge in [0.1, 0.15) is 0 Å². The van der Waals surface area contributed by atoms with E-state index in [4.69, 9.17) is 0 Å². The predicted molar refractivity (Wildman–Crippen MR) is 17.9 cm³/mol. The Morgan fingerprint density at radius 1 is 2.00 bits per heavy atom. The number of nitrogens with two attached hydrogens (primary N) is 1. The molecule has 3 N–H and O–H groups in total. The topological polar surface area (TPSA) is 38.0 Å². The summed E-state index contributed by atoms with van der Waals surface area (Å²) in [5, 5.41) is 0. The molecule has 0 aromatic heterocycles. The van der Waals surface area contributed by atoms with Crippen LogP contribution >= 0.6 is 0 Å². The Kier molecular flexibility index (Phi) is 2.05. The first-order valence-electron chi connectivity index (χ1n) is 1.37. The first-order valence-corrected chi connectivity index (χ1v) is 1.37. The molecule has 0 amide bonds. The third-order valence-electron chi connectivity index (χ3n) is 0.230. The number of hydrogen-bond acceptors (Lipinski definition) is 2. The van der Waals surface area contributed by atoms with Gasteiger partial charge in [-0.25, -0.2) is 9.82 Å². The molecule has 0 spiro atoms. The minimum absolute atomic E-state index is 1.09. The third-order valence-corrected chi connectivity index (χ3v) is 0.230. The molecule has 0 aliphatic carbocycles. The molecule has 0 radical (unpaired) electrons. The zero-order chi connectivity index (χ0) is 4.28. The first kappa shape index (κ1) is 4.85. The lowest BCUT2D eigenvalue weighted by molar-refractivity contribution is 0.303. The molecule has 0 rings (SSSR count). The van der Waals surface area contributed by atoms with Crippen LogP contribution in [-0.4, -0.2) is 6.30 Å². The van der Waals surface area contributed by atoms with Crippen molar-refractivity contribution in [1.82, 2.24) is 5.43 Å². The number of hydrogen-bond donors (Lipinski definition) is 2. The Bertz CT molecular complexity index is 21.6. The lowest BCUT2D eigenvalue weighted by Gasteiger charge is -1.90. The van der Waals surface area contributed by atoms with Crippen LogP contribution < -0.4 is 11.3 Å². The van der Waals surface area contributed by atoms with Crippen LogP contribution in [0.2, 0.25) is 0 Å². The smallest absolute Gasteiger partial charge is 0.160 e. The summed E-state index contributed by atoms with van der Waals surface area (Å²) in [5.41, 5.74) is 1.86. The standard InChI is InChI=1S/C2H7FN2/c1-2(3)5-4/h2,5H,4H2,1H3. The summed E-state index contributed by atoms with van der Waals surface area (Å²) in [4.78, 5) is 0. The molecule has 0 saturated carbocycles. The summed E-state index contributed by atoms with van der Waals surface area (Å²) < 4.78 is 11.2. The normalized spacial score (nSPS) is 15.0. The van der Waals surface area contributed by atoms with E-state index in [1.165, 1.54) is 6.92 Å². The van der Waals surface area contributed by atoms with Gasteiger partial charge in [0, 0.05) is 0 Å². The van der Waals surface area contributed by atoms with Crippen molar-refractivity contribution >= 4 is 0 Å². The summed E-state index contributed by atoms with van der Waals surface area (Å²) in [6, 6.07) is 0. The molecule has 0 aliphatic rings. The zero-order valence-electron chi connectivity index (χ0n) is 3.03. The molecule has 0 aromatic rings. The molecule has 0 fully saturated rings. The maximum absolute atomic E-state index is 11.2. The van der Waals surface area contributed by atoms with Crippen molar-refractivity contribution in [3.63, 3.8) is 0 Å². The highest BCUT2D eigenvalue weighted by Gasteiger charge is 1.83. The summed E-state index contributed by atoms with van der Waals surface area (Å²) in [5.74, 6) is 4.55. The van der Waals surface area contributed by atoms with Gasteiger partial charge in [0.25, 0.3) is 0 Å².